The van der Waals surface area contributed by atoms with Crippen molar-refractivity contribution in [2.45, 2.75) is 13.0 Å². The first-order chi connectivity index (χ1) is 6.27. The largest absolute Gasteiger partial charge is 0.475 e. The second-order valence-electron chi connectivity index (χ2n) is 2.54. The van der Waals surface area contributed by atoms with Gasteiger partial charge in [0.2, 0.25) is 0 Å². The van der Waals surface area contributed by atoms with Gasteiger partial charge in [-0.25, -0.2) is 0 Å². The van der Waals surface area contributed by atoms with Gasteiger partial charge in [-0.15, -0.1) is 0 Å². The van der Waals surface area contributed by atoms with Crippen LogP contribution in [0.5, 0.6) is 5.75 Å². The molecule has 0 saturated heterocycles. The molecule has 0 radical (unpaired) electrons. The number of aldehydes is 1. The molecule has 0 aliphatic rings. The molecule has 0 bridgehead atoms. The summed E-state index contributed by atoms with van der Waals surface area (Å²) in [5.41, 5.74) is 0.463. The van der Waals surface area contributed by atoms with Crippen molar-refractivity contribution in [3.05, 3.63) is 29.8 Å². The van der Waals surface area contributed by atoms with Crippen molar-refractivity contribution < 1.29 is 9.53 Å². The maximum atomic E-state index is 10.5. The summed E-state index contributed by atoms with van der Waals surface area (Å²) in [7, 11) is 0. The highest BCUT2D eigenvalue weighted by atomic mass is 16.5. The molecular weight excluding hydrogens is 166 g/mol. The maximum Gasteiger partial charge on any atom is 0.181 e. The summed E-state index contributed by atoms with van der Waals surface area (Å²) in [6, 6.07) is 8.74. The van der Waals surface area contributed by atoms with E-state index in [2.05, 4.69) is 0 Å². The molecule has 0 saturated carbocycles. The number of benzene rings is 1. The number of rotatable bonds is 3. The highest BCUT2D eigenvalue weighted by Gasteiger charge is 2.05. The minimum absolute atomic E-state index is 0.451. The van der Waals surface area contributed by atoms with Crippen LogP contribution in [0.1, 0.15) is 17.3 Å². The van der Waals surface area contributed by atoms with Crippen LogP contribution >= 0.6 is 0 Å². The Hall–Kier alpha value is -1.82. The van der Waals surface area contributed by atoms with Gasteiger partial charge in [-0.1, -0.05) is 12.1 Å². The van der Waals surface area contributed by atoms with Gasteiger partial charge in [-0.2, -0.15) is 5.26 Å². The lowest BCUT2D eigenvalue weighted by Gasteiger charge is -2.08. The Morgan fingerprint density at radius 3 is 2.85 bits per heavy atom. The van der Waals surface area contributed by atoms with Crippen LogP contribution in [-0.2, 0) is 0 Å². The minimum Gasteiger partial charge on any atom is -0.475 e. The highest BCUT2D eigenvalue weighted by Crippen LogP contribution is 2.16. The summed E-state index contributed by atoms with van der Waals surface area (Å²) >= 11 is 0. The first-order valence-corrected chi connectivity index (χ1v) is 3.88. The van der Waals surface area contributed by atoms with Crippen molar-refractivity contribution in [3.63, 3.8) is 0 Å². The van der Waals surface area contributed by atoms with Crippen LogP contribution < -0.4 is 4.74 Å². The van der Waals surface area contributed by atoms with Crippen LogP contribution in [0.3, 0.4) is 0 Å². The van der Waals surface area contributed by atoms with Crippen LogP contribution in [0.15, 0.2) is 24.3 Å². The fraction of sp³-hybridized carbons (Fsp3) is 0.200. The first kappa shape index (κ1) is 9.27. The summed E-state index contributed by atoms with van der Waals surface area (Å²) in [4.78, 5) is 10.5. The third kappa shape index (κ3) is 2.31. The van der Waals surface area contributed by atoms with Crippen LogP contribution in [-0.4, -0.2) is 12.4 Å². The van der Waals surface area contributed by atoms with Crippen LogP contribution in [0, 0.1) is 11.3 Å². The number of hydrogen-bond donors (Lipinski definition) is 0. The monoisotopic (exact) mass is 175 g/mol. The molecule has 0 amide bonds. The van der Waals surface area contributed by atoms with Crippen LogP contribution in [0.2, 0.25) is 0 Å². The molecule has 1 rings (SSSR count). The second kappa shape index (κ2) is 4.27. The standard InChI is InChI=1S/C10H9NO2/c1-8(6-11)13-10-5-3-2-4-9(10)7-12/h2-5,7-8H,1H3. The van der Waals surface area contributed by atoms with Gasteiger partial charge in [-0.05, 0) is 19.1 Å². The van der Waals surface area contributed by atoms with Gasteiger partial charge < -0.3 is 4.74 Å². The van der Waals surface area contributed by atoms with E-state index in [1.807, 2.05) is 6.07 Å². The molecule has 0 N–H and O–H groups in total. The molecule has 1 atom stereocenters. The first-order valence-electron chi connectivity index (χ1n) is 3.88. The van der Waals surface area contributed by atoms with E-state index < -0.39 is 6.10 Å². The molecule has 0 heterocycles. The van der Waals surface area contributed by atoms with Crippen LogP contribution in [0.25, 0.3) is 0 Å². The third-order valence-electron chi connectivity index (χ3n) is 1.53. The van der Waals surface area contributed by atoms with Gasteiger partial charge in [0.15, 0.2) is 12.4 Å². The number of nitrogens with zero attached hydrogens (tertiary/aromatic N) is 1. The summed E-state index contributed by atoms with van der Waals surface area (Å²) in [5.74, 6) is 0.451. The fourth-order valence-corrected chi connectivity index (χ4v) is 0.902. The van der Waals surface area contributed by atoms with Gasteiger partial charge in [-0.3, -0.25) is 4.79 Å². The van der Waals surface area contributed by atoms with E-state index in [9.17, 15) is 4.79 Å². The number of hydrogen-bond acceptors (Lipinski definition) is 3. The molecule has 3 nitrogen and oxygen atoms in total. The topological polar surface area (TPSA) is 50.1 Å². The van der Waals surface area contributed by atoms with Gasteiger partial charge in [0, 0.05) is 0 Å². The molecule has 0 fully saturated rings. The number of carbonyl (C=O) groups excluding carboxylic acids is 1. The Morgan fingerprint density at radius 1 is 1.54 bits per heavy atom. The second-order valence-corrected chi connectivity index (χ2v) is 2.54. The zero-order valence-electron chi connectivity index (χ0n) is 7.23. The van der Waals surface area contributed by atoms with Gasteiger partial charge >= 0.3 is 0 Å². The van der Waals surface area contributed by atoms with E-state index in [0.29, 0.717) is 17.6 Å². The average Bonchev–Trinajstić information content (AvgIpc) is 2.18. The SMILES string of the molecule is CC(C#N)Oc1ccccc1C=O. The molecule has 1 aromatic rings. The Labute approximate surface area is 76.6 Å². The molecule has 1 aromatic carbocycles. The molecular formula is C10H9NO2. The molecule has 13 heavy (non-hydrogen) atoms. The number of ether oxygens (including phenoxy) is 1. The lowest BCUT2D eigenvalue weighted by molar-refractivity contribution is 0.111. The van der Waals surface area contributed by atoms with E-state index in [4.69, 9.17) is 10.00 Å². The van der Waals surface area contributed by atoms with E-state index >= 15 is 0 Å². The average molecular weight is 175 g/mol. The quantitative estimate of drug-likeness (QED) is 0.658. The maximum absolute atomic E-state index is 10.5. The number of para-hydroxylation sites is 1. The smallest absolute Gasteiger partial charge is 0.181 e. The Bertz CT molecular complexity index is 341. The summed E-state index contributed by atoms with van der Waals surface area (Å²) < 4.78 is 5.19. The van der Waals surface area contributed by atoms with E-state index in [1.165, 1.54) is 0 Å². The normalized spacial score (nSPS) is 11.4. The fourth-order valence-electron chi connectivity index (χ4n) is 0.902. The van der Waals surface area contributed by atoms with Crippen LogP contribution in [0.4, 0.5) is 0 Å². The molecule has 66 valence electrons. The lowest BCUT2D eigenvalue weighted by atomic mass is 10.2. The van der Waals surface area contributed by atoms with Crippen molar-refractivity contribution in [2.75, 3.05) is 0 Å². The molecule has 0 aromatic heterocycles. The van der Waals surface area contributed by atoms with Gasteiger partial charge in [0.1, 0.15) is 11.8 Å². The highest BCUT2D eigenvalue weighted by molar-refractivity contribution is 5.79. The van der Waals surface area contributed by atoms with Crippen molar-refractivity contribution in [1.82, 2.24) is 0 Å². The Morgan fingerprint density at radius 2 is 2.23 bits per heavy atom. The van der Waals surface area contributed by atoms with E-state index in [1.54, 1.807) is 31.2 Å². The van der Waals surface area contributed by atoms with Crippen molar-refractivity contribution >= 4 is 6.29 Å². The number of nitriles is 1. The van der Waals surface area contributed by atoms with E-state index in [-0.39, 0.29) is 0 Å². The Balaban J connectivity index is 2.88. The number of carbonyl (C=O) groups is 1. The summed E-state index contributed by atoms with van der Waals surface area (Å²) in [6.07, 6.45) is 0.167. The zero-order chi connectivity index (χ0) is 9.68. The Kier molecular flexibility index (Phi) is 3.04. The molecule has 1 unspecified atom stereocenters. The van der Waals surface area contributed by atoms with Gasteiger partial charge in [0.05, 0.1) is 5.56 Å². The molecule has 0 aliphatic carbocycles. The van der Waals surface area contributed by atoms with Crippen molar-refractivity contribution in [1.29, 1.82) is 5.26 Å². The van der Waals surface area contributed by atoms with E-state index in [0.717, 1.165) is 0 Å². The summed E-state index contributed by atoms with van der Waals surface area (Å²) in [6.45, 7) is 1.63. The van der Waals surface area contributed by atoms with Crippen molar-refractivity contribution in [2.24, 2.45) is 0 Å². The molecule has 0 spiro atoms. The lowest BCUT2D eigenvalue weighted by Crippen LogP contribution is -2.09. The predicted octanol–water partition coefficient (Wildman–Crippen LogP) is 1.79. The summed E-state index contributed by atoms with van der Waals surface area (Å²) in [5, 5.41) is 8.50. The predicted molar refractivity (Wildman–Crippen MR) is 47.5 cm³/mol. The van der Waals surface area contributed by atoms with Gasteiger partial charge in [0.25, 0.3) is 0 Å². The zero-order valence-corrected chi connectivity index (χ0v) is 7.23. The minimum atomic E-state index is -0.541. The molecule has 3 heteroatoms. The third-order valence-corrected chi connectivity index (χ3v) is 1.53. The molecule has 0 aliphatic heterocycles. The van der Waals surface area contributed by atoms with Crippen molar-refractivity contribution in [3.8, 4) is 11.8 Å².